The number of hydrogen-bond acceptors (Lipinski definition) is 5. The molecule has 2 heterocycles. The number of anilines is 1. The van der Waals surface area contributed by atoms with Gasteiger partial charge in [0, 0.05) is 18.1 Å². The van der Waals surface area contributed by atoms with Crippen LogP contribution in [0.2, 0.25) is 0 Å². The molecule has 3 aromatic rings. The molecule has 156 valence electrons. The molecule has 0 saturated heterocycles. The van der Waals surface area contributed by atoms with Crippen LogP contribution >= 0.6 is 11.3 Å². The first-order chi connectivity index (χ1) is 14.5. The van der Waals surface area contributed by atoms with E-state index in [0.29, 0.717) is 18.0 Å². The molecule has 30 heavy (non-hydrogen) atoms. The predicted molar refractivity (Wildman–Crippen MR) is 120 cm³/mol. The third-order valence-corrected chi connectivity index (χ3v) is 6.13. The summed E-state index contributed by atoms with van der Waals surface area (Å²) in [6.07, 6.45) is 0. The van der Waals surface area contributed by atoms with E-state index < -0.39 is 0 Å². The van der Waals surface area contributed by atoms with Crippen molar-refractivity contribution in [2.75, 3.05) is 25.6 Å². The van der Waals surface area contributed by atoms with E-state index in [1.807, 2.05) is 30.3 Å². The molecule has 0 radical (unpaired) electrons. The summed E-state index contributed by atoms with van der Waals surface area (Å²) < 4.78 is 13.1. The minimum Gasteiger partial charge on any atom is -0.482 e. The van der Waals surface area contributed by atoms with E-state index in [4.69, 9.17) is 14.5 Å². The van der Waals surface area contributed by atoms with Gasteiger partial charge in [-0.15, -0.1) is 11.3 Å². The Morgan fingerprint density at radius 3 is 2.93 bits per heavy atom. The van der Waals surface area contributed by atoms with Crippen LogP contribution in [0, 0.1) is 13.8 Å². The molecular formula is C23H25N3O3S. The van der Waals surface area contributed by atoms with Gasteiger partial charge in [0.2, 0.25) is 0 Å². The second-order valence-corrected chi connectivity index (χ2v) is 8.29. The fourth-order valence-electron chi connectivity index (χ4n) is 3.56. The summed E-state index contributed by atoms with van der Waals surface area (Å²) in [5.41, 5.74) is 6.06. The van der Waals surface area contributed by atoms with E-state index in [2.05, 4.69) is 42.1 Å². The van der Waals surface area contributed by atoms with Crippen molar-refractivity contribution < 1.29 is 14.3 Å². The van der Waals surface area contributed by atoms with Crippen molar-refractivity contribution >= 4 is 28.6 Å². The van der Waals surface area contributed by atoms with Crippen molar-refractivity contribution in [1.82, 2.24) is 4.57 Å². The zero-order chi connectivity index (χ0) is 21.3. The van der Waals surface area contributed by atoms with Gasteiger partial charge in [0.05, 0.1) is 29.7 Å². The van der Waals surface area contributed by atoms with Crippen LogP contribution in [0.4, 0.5) is 11.4 Å². The molecular weight excluding hydrogens is 398 g/mol. The van der Waals surface area contributed by atoms with Crippen LogP contribution in [0.5, 0.6) is 5.75 Å². The largest absolute Gasteiger partial charge is 0.482 e. The Hall–Kier alpha value is -2.90. The summed E-state index contributed by atoms with van der Waals surface area (Å²) in [5, 5.41) is 4.99. The average molecular weight is 424 g/mol. The summed E-state index contributed by atoms with van der Waals surface area (Å²) >= 11 is 1.59. The molecule has 0 bridgehead atoms. The number of carbonyl (C=O) groups excluding carboxylic acids is 1. The number of benzene rings is 2. The van der Waals surface area contributed by atoms with Crippen LogP contribution in [-0.2, 0) is 9.53 Å². The van der Waals surface area contributed by atoms with Gasteiger partial charge < -0.3 is 19.4 Å². The Kier molecular flexibility index (Phi) is 5.74. The first-order valence-electron chi connectivity index (χ1n) is 9.85. The standard InChI is InChI=1S/C23H25N3O3S/c1-14-6-5-7-18(16(14)3)25-23-26(15(2)11-28-4)20(13-30-23)17-8-9-21-19(10-17)24-22(27)12-29-21/h5-10,13,15H,11-12H2,1-4H3,(H,24,27). The van der Waals surface area contributed by atoms with Gasteiger partial charge in [-0.1, -0.05) is 12.1 Å². The number of fused-ring (bicyclic) bond motifs is 1. The number of nitrogens with zero attached hydrogens (tertiary/aromatic N) is 2. The van der Waals surface area contributed by atoms with Crippen LogP contribution in [0.1, 0.15) is 24.1 Å². The zero-order valence-corrected chi connectivity index (χ0v) is 18.4. The number of hydrogen-bond donors (Lipinski definition) is 1. The van der Waals surface area contributed by atoms with Crippen LogP contribution in [0.15, 0.2) is 46.8 Å². The van der Waals surface area contributed by atoms with Crippen molar-refractivity contribution in [2.45, 2.75) is 26.8 Å². The first kappa shape index (κ1) is 20.4. The third kappa shape index (κ3) is 3.91. The van der Waals surface area contributed by atoms with Gasteiger partial charge in [0.25, 0.3) is 5.91 Å². The van der Waals surface area contributed by atoms with Crippen LogP contribution < -0.4 is 14.9 Å². The normalized spacial score (nSPS) is 14.8. The second-order valence-electron chi connectivity index (χ2n) is 7.46. The molecule has 1 unspecified atom stereocenters. The minimum absolute atomic E-state index is 0.0501. The number of rotatable bonds is 5. The SMILES string of the molecule is COCC(C)n1c(-c2ccc3c(c2)NC(=O)CO3)csc1=Nc1cccc(C)c1C. The molecule has 0 fully saturated rings. The summed E-state index contributed by atoms with van der Waals surface area (Å²) in [4.78, 5) is 17.6. The molecule has 1 amide bonds. The van der Waals surface area contributed by atoms with Gasteiger partial charge in [-0.2, -0.15) is 0 Å². The number of methoxy groups -OCH3 is 1. The number of nitrogens with one attached hydrogen (secondary N) is 1. The van der Waals surface area contributed by atoms with E-state index in [-0.39, 0.29) is 18.6 Å². The van der Waals surface area contributed by atoms with Gasteiger partial charge in [-0.25, -0.2) is 4.99 Å². The Morgan fingerprint density at radius 2 is 2.13 bits per heavy atom. The van der Waals surface area contributed by atoms with Crippen LogP contribution in [-0.4, -0.2) is 30.8 Å². The quantitative estimate of drug-likeness (QED) is 0.652. The zero-order valence-electron chi connectivity index (χ0n) is 17.6. The molecule has 1 aliphatic heterocycles. The predicted octanol–water partition coefficient (Wildman–Crippen LogP) is 4.60. The van der Waals surface area contributed by atoms with Gasteiger partial charge in [0.15, 0.2) is 11.4 Å². The van der Waals surface area contributed by atoms with Gasteiger partial charge >= 0.3 is 0 Å². The molecule has 1 N–H and O–H groups in total. The fraction of sp³-hybridized carbons (Fsp3) is 0.304. The highest BCUT2D eigenvalue weighted by molar-refractivity contribution is 7.07. The van der Waals surface area contributed by atoms with Crippen molar-refractivity contribution in [2.24, 2.45) is 4.99 Å². The lowest BCUT2D eigenvalue weighted by Crippen LogP contribution is -2.25. The number of ether oxygens (including phenoxy) is 2. The van der Waals surface area contributed by atoms with Gasteiger partial charge in [-0.3, -0.25) is 4.79 Å². The number of aryl methyl sites for hydroxylation is 1. The molecule has 0 spiro atoms. The van der Waals surface area contributed by atoms with Crippen molar-refractivity contribution in [3.63, 3.8) is 0 Å². The van der Waals surface area contributed by atoms with E-state index in [0.717, 1.165) is 21.7 Å². The Labute approximate surface area is 179 Å². The molecule has 2 aromatic carbocycles. The molecule has 1 aromatic heterocycles. The van der Waals surface area contributed by atoms with E-state index in [9.17, 15) is 4.79 Å². The summed E-state index contributed by atoms with van der Waals surface area (Å²) in [5.74, 6) is 0.543. The average Bonchev–Trinajstić information content (AvgIpc) is 3.14. The molecule has 1 atom stereocenters. The van der Waals surface area contributed by atoms with Crippen molar-refractivity contribution in [3.05, 3.63) is 57.7 Å². The minimum atomic E-state index is -0.142. The van der Waals surface area contributed by atoms with Crippen LogP contribution in [0.25, 0.3) is 11.3 Å². The summed E-state index contributed by atoms with van der Waals surface area (Å²) in [6.45, 7) is 6.92. The summed E-state index contributed by atoms with van der Waals surface area (Å²) in [6, 6.07) is 12.1. The lowest BCUT2D eigenvalue weighted by molar-refractivity contribution is -0.118. The van der Waals surface area contributed by atoms with Crippen LogP contribution in [0.3, 0.4) is 0 Å². The van der Waals surface area contributed by atoms with E-state index >= 15 is 0 Å². The molecule has 0 aliphatic carbocycles. The second kappa shape index (κ2) is 8.45. The smallest absolute Gasteiger partial charge is 0.262 e. The number of thiazole rings is 1. The maximum atomic E-state index is 11.7. The molecule has 0 saturated carbocycles. The highest BCUT2D eigenvalue weighted by atomic mass is 32.1. The van der Waals surface area contributed by atoms with Crippen molar-refractivity contribution in [3.8, 4) is 17.0 Å². The number of amides is 1. The molecule has 6 nitrogen and oxygen atoms in total. The lowest BCUT2D eigenvalue weighted by atomic mass is 10.1. The monoisotopic (exact) mass is 423 g/mol. The fourth-order valence-corrected chi connectivity index (χ4v) is 4.57. The summed E-state index contributed by atoms with van der Waals surface area (Å²) in [7, 11) is 1.70. The van der Waals surface area contributed by atoms with E-state index in [1.54, 1.807) is 18.4 Å². The topological polar surface area (TPSA) is 64.8 Å². The maximum absolute atomic E-state index is 11.7. The van der Waals surface area contributed by atoms with Gasteiger partial charge in [0.1, 0.15) is 5.75 Å². The lowest BCUT2D eigenvalue weighted by Gasteiger charge is -2.20. The maximum Gasteiger partial charge on any atom is 0.262 e. The highest BCUT2D eigenvalue weighted by Crippen LogP contribution is 2.34. The van der Waals surface area contributed by atoms with E-state index in [1.165, 1.54) is 11.1 Å². The Morgan fingerprint density at radius 1 is 1.30 bits per heavy atom. The van der Waals surface area contributed by atoms with Crippen molar-refractivity contribution in [1.29, 1.82) is 0 Å². The Bertz CT molecular complexity index is 1160. The number of carbonyl (C=O) groups is 1. The molecule has 4 rings (SSSR count). The van der Waals surface area contributed by atoms with Gasteiger partial charge in [-0.05, 0) is 56.2 Å². The Balaban J connectivity index is 1.85. The molecule has 1 aliphatic rings. The highest BCUT2D eigenvalue weighted by Gasteiger charge is 2.19. The molecule has 7 heteroatoms. The number of aromatic nitrogens is 1. The first-order valence-corrected chi connectivity index (χ1v) is 10.7. The third-order valence-electron chi connectivity index (χ3n) is 5.29.